The second-order valence-corrected chi connectivity index (χ2v) is 3.31. The summed E-state index contributed by atoms with van der Waals surface area (Å²) in [6.07, 6.45) is -5.51. The second kappa shape index (κ2) is 4.10. The molecule has 0 aliphatic heterocycles. The van der Waals surface area contributed by atoms with Crippen molar-refractivity contribution < 1.29 is 23.1 Å². The average molecular weight is 239 g/mol. The third kappa shape index (κ3) is 3.43. The van der Waals surface area contributed by atoms with Gasteiger partial charge in [-0.1, -0.05) is 17.7 Å². The van der Waals surface area contributed by atoms with Crippen molar-refractivity contribution in [2.24, 2.45) is 0 Å². The molecular formula is C9H6ClF3O2. The molecule has 6 heteroatoms. The first-order valence-electron chi connectivity index (χ1n) is 3.88. The number of rotatable bonds is 2. The molecule has 0 amide bonds. The molecule has 0 radical (unpaired) electrons. The van der Waals surface area contributed by atoms with Crippen LogP contribution in [0.1, 0.15) is 15.9 Å². The van der Waals surface area contributed by atoms with Gasteiger partial charge in [0.05, 0.1) is 12.0 Å². The molecule has 0 atom stereocenters. The van der Waals surface area contributed by atoms with Gasteiger partial charge >= 0.3 is 12.1 Å². The first-order chi connectivity index (χ1) is 6.79. The first-order valence-corrected chi connectivity index (χ1v) is 4.26. The van der Waals surface area contributed by atoms with Crippen LogP contribution in [0.25, 0.3) is 0 Å². The molecule has 0 spiro atoms. The van der Waals surface area contributed by atoms with E-state index in [-0.39, 0.29) is 16.1 Å². The molecule has 0 saturated carbocycles. The van der Waals surface area contributed by atoms with E-state index >= 15 is 0 Å². The van der Waals surface area contributed by atoms with Gasteiger partial charge in [-0.25, -0.2) is 4.79 Å². The predicted molar refractivity (Wildman–Crippen MR) is 48.2 cm³/mol. The molecule has 0 unspecified atom stereocenters. The van der Waals surface area contributed by atoms with Gasteiger partial charge in [-0.15, -0.1) is 0 Å². The number of carboxylic acid groups (broad SMARTS) is 1. The van der Waals surface area contributed by atoms with Crippen LogP contribution in [0.4, 0.5) is 13.2 Å². The van der Waals surface area contributed by atoms with Crippen molar-refractivity contribution in [1.29, 1.82) is 0 Å². The molecule has 0 saturated heterocycles. The van der Waals surface area contributed by atoms with Gasteiger partial charge in [-0.3, -0.25) is 0 Å². The van der Waals surface area contributed by atoms with Gasteiger partial charge in [0.25, 0.3) is 0 Å². The summed E-state index contributed by atoms with van der Waals surface area (Å²) in [6, 6.07) is 3.17. The van der Waals surface area contributed by atoms with Gasteiger partial charge < -0.3 is 5.11 Å². The van der Waals surface area contributed by atoms with Gasteiger partial charge in [0.1, 0.15) is 0 Å². The summed E-state index contributed by atoms with van der Waals surface area (Å²) in [6.45, 7) is 0. The molecule has 0 bridgehead atoms. The van der Waals surface area contributed by atoms with E-state index in [1.54, 1.807) is 0 Å². The van der Waals surface area contributed by atoms with Gasteiger partial charge in [-0.05, 0) is 17.7 Å². The summed E-state index contributed by atoms with van der Waals surface area (Å²) in [7, 11) is 0. The van der Waals surface area contributed by atoms with E-state index in [0.29, 0.717) is 0 Å². The van der Waals surface area contributed by atoms with Crippen molar-refractivity contribution in [3.8, 4) is 0 Å². The van der Waals surface area contributed by atoms with Crippen LogP contribution in [0.15, 0.2) is 18.2 Å². The predicted octanol–water partition coefficient (Wildman–Crippen LogP) is 3.14. The quantitative estimate of drug-likeness (QED) is 0.859. The first kappa shape index (κ1) is 11.8. The number of aromatic carboxylic acids is 1. The van der Waals surface area contributed by atoms with Crippen molar-refractivity contribution in [2.45, 2.75) is 12.6 Å². The minimum absolute atomic E-state index is 0.130. The largest absolute Gasteiger partial charge is 0.478 e. The molecule has 15 heavy (non-hydrogen) atoms. The highest BCUT2D eigenvalue weighted by atomic mass is 35.5. The highest BCUT2D eigenvalue weighted by Crippen LogP contribution is 2.26. The highest BCUT2D eigenvalue weighted by Gasteiger charge is 2.28. The third-order valence-corrected chi connectivity index (χ3v) is 2.04. The number of alkyl halides is 3. The molecule has 1 aromatic rings. The summed E-state index contributed by atoms with van der Waals surface area (Å²) in [5.41, 5.74) is -0.264. The molecule has 0 heterocycles. The molecule has 1 rings (SSSR count). The summed E-state index contributed by atoms with van der Waals surface area (Å²) < 4.78 is 36.0. The lowest BCUT2D eigenvalue weighted by Crippen LogP contribution is -2.12. The van der Waals surface area contributed by atoms with Gasteiger partial charge in [-0.2, -0.15) is 13.2 Å². The monoisotopic (exact) mass is 238 g/mol. The van der Waals surface area contributed by atoms with Crippen LogP contribution in [-0.4, -0.2) is 17.3 Å². The Bertz CT molecular complexity index is 387. The van der Waals surface area contributed by atoms with Crippen LogP contribution in [0.3, 0.4) is 0 Å². The summed E-state index contributed by atoms with van der Waals surface area (Å²) in [5.74, 6) is -1.23. The standard InChI is InChI=1S/C9H6ClF3O2/c10-7-3-5(8(14)15)1-2-6(7)4-9(11,12)13/h1-3H,4H2,(H,14,15). The van der Waals surface area contributed by atoms with Crippen LogP contribution in [-0.2, 0) is 6.42 Å². The Hall–Kier alpha value is -1.23. The van der Waals surface area contributed by atoms with Gasteiger partial charge in [0.15, 0.2) is 0 Å². The topological polar surface area (TPSA) is 37.3 Å². The number of carboxylic acids is 1. The van der Waals surface area contributed by atoms with Crippen molar-refractivity contribution in [1.82, 2.24) is 0 Å². The van der Waals surface area contributed by atoms with E-state index in [1.807, 2.05) is 0 Å². The Morgan fingerprint density at radius 1 is 1.40 bits per heavy atom. The molecular weight excluding hydrogens is 233 g/mol. The molecule has 1 aromatic carbocycles. The SMILES string of the molecule is O=C(O)c1ccc(CC(F)(F)F)c(Cl)c1. The molecule has 0 aliphatic rings. The van der Waals surface area contributed by atoms with Crippen LogP contribution < -0.4 is 0 Å². The van der Waals surface area contributed by atoms with Crippen molar-refractivity contribution >= 4 is 17.6 Å². The van der Waals surface area contributed by atoms with Crippen LogP contribution >= 0.6 is 11.6 Å². The Morgan fingerprint density at radius 2 is 2.00 bits per heavy atom. The lowest BCUT2D eigenvalue weighted by molar-refractivity contribution is -0.127. The number of hydrogen-bond donors (Lipinski definition) is 1. The minimum atomic E-state index is -4.35. The van der Waals surface area contributed by atoms with Crippen molar-refractivity contribution in [2.75, 3.05) is 0 Å². The number of carbonyl (C=O) groups is 1. The Balaban J connectivity index is 2.99. The number of benzene rings is 1. The normalized spacial score (nSPS) is 11.5. The second-order valence-electron chi connectivity index (χ2n) is 2.90. The fourth-order valence-electron chi connectivity index (χ4n) is 1.04. The van der Waals surface area contributed by atoms with Crippen LogP contribution in [0.2, 0.25) is 5.02 Å². The van der Waals surface area contributed by atoms with Crippen LogP contribution in [0.5, 0.6) is 0 Å². The average Bonchev–Trinajstić information content (AvgIpc) is 2.05. The maximum atomic E-state index is 12.0. The highest BCUT2D eigenvalue weighted by molar-refractivity contribution is 6.31. The Labute approximate surface area is 88.3 Å². The van der Waals surface area contributed by atoms with E-state index in [9.17, 15) is 18.0 Å². The zero-order valence-electron chi connectivity index (χ0n) is 7.31. The van der Waals surface area contributed by atoms with Gasteiger partial charge in [0.2, 0.25) is 0 Å². The smallest absolute Gasteiger partial charge is 0.393 e. The van der Waals surface area contributed by atoms with E-state index < -0.39 is 18.6 Å². The zero-order valence-corrected chi connectivity index (χ0v) is 8.06. The van der Waals surface area contributed by atoms with E-state index in [0.717, 1.165) is 18.2 Å². The minimum Gasteiger partial charge on any atom is -0.478 e. The van der Waals surface area contributed by atoms with Crippen LogP contribution in [0, 0.1) is 0 Å². The lowest BCUT2D eigenvalue weighted by Gasteiger charge is -2.08. The van der Waals surface area contributed by atoms with Crippen molar-refractivity contribution in [3.63, 3.8) is 0 Å². The molecule has 0 fully saturated rings. The molecule has 0 aromatic heterocycles. The maximum absolute atomic E-state index is 12.0. The number of halogens is 4. The maximum Gasteiger partial charge on any atom is 0.393 e. The summed E-state index contributed by atoms with van der Waals surface area (Å²) in [4.78, 5) is 10.5. The van der Waals surface area contributed by atoms with E-state index in [1.165, 1.54) is 0 Å². The lowest BCUT2D eigenvalue weighted by atomic mass is 10.1. The fraction of sp³-hybridized carbons (Fsp3) is 0.222. The molecule has 1 N–H and O–H groups in total. The van der Waals surface area contributed by atoms with Gasteiger partial charge in [0, 0.05) is 5.02 Å². The third-order valence-electron chi connectivity index (χ3n) is 1.69. The summed E-state index contributed by atoms with van der Waals surface area (Å²) >= 11 is 5.52. The van der Waals surface area contributed by atoms with E-state index in [4.69, 9.17) is 16.7 Å². The van der Waals surface area contributed by atoms with Crippen molar-refractivity contribution in [3.05, 3.63) is 34.3 Å². The number of hydrogen-bond acceptors (Lipinski definition) is 1. The molecule has 82 valence electrons. The Kier molecular flexibility index (Phi) is 3.24. The molecule has 0 aliphatic carbocycles. The summed E-state index contributed by atoms with van der Waals surface area (Å²) in [5, 5.41) is 8.36. The fourth-order valence-corrected chi connectivity index (χ4v) is 1.29. The Morgan fingerprint density at radius 3 is 2.40 bits per heavy atom. The van der Waals surface area contributed by atoms with E-state index in [2.05, 4.69) is 0 Å². The zero-order chi connectivity index (χ0) is 11.6. The molecule has 2 nitrogen and oxygen atoms in total.